The molecule has 0 aliphatic carbocycles. The van der Waals surface area contributed by atoms with Crippen LogP contribution in [-0.4, -0.2) is 6.29 Å². The molecule has 0 spiro atoms. The van der Waals surface area contributed by atoms with Crippen LogP contribution in [0, 0.1) is 0 Å². The summed E-state index contributed by atoms with van der Waals surface area (Å²) in [5.74, 6) is 0. The van der Waals surface area contributed by atoms with Gasteiger partial charge in [0.2, 0.25) is 0 Å². The zero-order valence-electron chi connectivity index (χ0n) is 12.5. The minimum Gasteiger partial charge on any atom is -0.298 e. The zero-order chi connectivity index (χ0) is 15.9. The van der Waals surface area contributed by atoms with E-state index in [0.29, 0.717) is 5.56 Å². The molecule has 0 N–H and O–H groups in total. The molecule has 0 heterocycles. The Labute approximate surface area is 143 Å². The highest BCUT2D eigenvalue weighted by atomic mass is 79.9. The van der Waals surface area contributed by atoms with Crippen LogP contribution in [0.2, 0.25) is 0 Å². The van der Waals surface area contributed by atoms with Gasteiger partial charge >= 0.3 is 0 Å². The highest BCUT2D eigenvalue weighted by Gasteiger charge is 2.03. The molecule has 1 nitrogen and oxygen atoms in total. The summed E-state index contributed by atoms with van der Waals surface area (Å²) in [4.78, 5) is 13.1. The number of carbonyl (C=O) groups is 1. The van der Waals surface area contributed by atoms with Gasteiger partial charge in [-0.25, -0.2) is 0 Å². The highest BCUT2D eigenvalue weighted by molar-refractivity contribution is 9.10. The molecule has 0 radical (unpaired) electrons. The van der Waals surface area contributed by atoms with Crippen LogP contribution >= 0.6 is 27.7 Å². The Morgan fingerprint density at radius 3 is 2.18 bits per heavy atom. The zero-order valence-corrected chi connectivity index (χ0v) is 14.9. The summed E-state index contributed by atoms with van der Waals surface area (Å²) in [5.41, 5.74) is 0.674. The van der Waals surface area contributed by atoms with E-state index in [9.17, 15) is 4.79 Å². The Kier molecular flexibility index (Phi) is 6.22. The molecule has 0 saturated heterocycles. The van der Waals surface area contributed by atoms with E-state index in [1.165, 1.54) is 15.7 Å². The van der Waals surface area contributed by atoms with Crippen LogP contribution in [0.1, 0.15) is 24.2 Å². The predicted octanol–water partition coefficient (Wildman–Crippen LogP) is 6.59. The van der Waals surface area contributed by atoms with Crippen molar-refractivity contribution in [3.8, 4) is 0 Å². The average Bonchev–Trinajstić information content (AvgIpc) is 2.57. The number of rotatable bonds is 3. The first-order chi connectivity index (χ1) is 10.8. The van der Waals surface area contributed by atoms with Crippen molar-refractivity contribution < 1.29 is 4.79 Å². The third kappa shape index (κ3) is 3.99. The molecule has 3 rings (SSSR count). The lowest BCUT2D eigenvalue weighted by atomic mass is 10.1. The first-order valence-corrected chi connectivity index (χ1v) is 8.78. The molecule has 0 saturated carbocycles. The van der Waals surface area contributed by atoms with Gasteiger partial charge in [-0.1, -0.05) is 71.9 Å². The number of carbonyl (C=O) groups excluding carboxylic acids is 1. The number of hydrogen-bond acceptors (Lipinski definition) is 2. The minimum absolute atomic E-state index is 0.674. The Hall–Kier alpha value is -1.58. The third-order valence-electron chi connectivity index (χ3n) is 3.06. The number of halogens is 1. The van der Waals surface area contributed by atoms with Gasteiger partial charge in [-0.3, -0.25) is 4.79 Å². The summed E-state index contributed by atoms with van der Waals surface area (Å²) >= 11 is 5.11. The Bertz CT molecular complexity index is 783. The fourth-order valence-electron chi connectivity index (χ4n) is 2.03. The molecule has 0 amide bonds. The second kappa shape index (κ2) is 8.16. The SMILES string of the molecule is CC.O=Cc1ccc(Sc2ccc3ccccc3c2)cc1Br. The van der Waals surface area contributed by atoms with Crippen LogP contribution in [0.4, 0.5) is 0 Å². The van der Waals surface area contributed by atoms with Gasteiger partial charge in [0.15, 0.2) is 6.29 Å². The van der Waals surface area contributed by atoms with Crippen molar-refractivity contribution in [3.63, 3.8) is 0 Å². The summed E-state index contributed by atoms with van der Waals surface area (Å²) in [6.45, 7) is 4.00. The first kappa shape index (κ1) is 16.8. The first-order valence-electron chi connectivity index (χ1n) is 7.18. The predicted molar refractivity (Wildman–Crippen MR) is 98.9 cm³/mol. The maximum Gasteiger partial charge on any atom is 0.151 e. The molecule has 22 heavy (non-hydrogen) atoms. The monoisotopic (exact) mass is 372 g/mol. The maximum absolute atomic E-state index is 10.8. The summed E-state index contributed by atoms with van der Waals surface area (Å²) in [5, 5.41) is 2.48. The van der Waals surface area contributed by atoms with E-state index >= 15 is 0 Å². The highest BCUT2D eigenvalue weighted by Crippen LogP contribution is 2.32. The van der Waals surface area contributed by atoms with Crippen molar-refractivity contribution in [2.45, 2.75) is 23.6 Å². The number of benzene rings is 3. The molecule has 3 heteroatoms. The minimum atomic E-state index is 0.674. The Morgan fingerprint density at radius 1 is 0.864 bits per heavy atom. The smallest absolute Gasteiger partial charge is 0.151 e. The van der Waals surface area contributed by atoms with Gasteiger partial charge in [0.25, 0.3) is 0 Å². The van der Waals surface area contributed by atoms with Crippen molar-refractivity contribution in [2.75, 3.05) is 0 Å². The van der Waals surface area contributed by atoms with E-state index in [2.05, 4.69) is 46.3 Å². The van der Waals surface area contributed by atoms with Gasteiger partial charge in [0.1, 0.15) is 0 Å². The summed E-state index contributed by atoms with van der Waals surface area (Å²) in [7, 11) is 0. The van der Waals surface area contributed by atoms with Crippen LogP contribution in [0.3, 0.4) is 0 Å². The summed E-state index contributed by atoms with van der Waals surface area (Å²) in [6.07, 6.45) is 0.856. The van der Waals surface area contributed by atoms with Gasteiger partial charge in [-0.2, -0.15) is 0 Å². The Morgan fingerprint density at radius 2 is 1.50 bits per heavy atom. The van der Waals surface area contributed by atoms with E-state index in [1.54, 1.807) is 11.8 Å². The van der Waals surface area contributed by atoms with Crippen LogP contribution in [0.25, 0.3) is 10.8 Å². The molecule has 0 fully saturated rings. The molecule has 0 aliphatic heterocycles. The molecule has 0 atom stereocenters. The third-order valence-corrected chi connectivity index (χ3v) is 4.72. The fraction of sp³-hybridized carbons (Fsp3) is 0.105. The van der Waals surface area contributed by atoms with Crippen molar-refractivity contribution >= 4 is 44.8 Å². The van der Waals surface area contributed by atoms with E-state index in [4.69, 9.17) is 0 Å². The molecule has 3 aromatic rings. The molecule has 0 aromatic heterocycles. The van der Waals surface area contributed by atoms with Gasteiger partial charge in [-0.05, 0) is 41.1 Å². The van der Waals surface area contributed by atoms with Gasteiger partial charge in [0, 0.05) is 19.8 Å². The maximum atomic E-state index is 10.8. The largest absolute Gasteiger partial charge is 0.298 e. The molecule has 3 aromatic carbocycles. The average molecular weight is 373 g/mol. The molecule has 0 bridgehead atoms. The van der Waals surface area contributed by atoms with E-state index < -0.39 is 0 Å². The van der Waals surface area contributed by atoms with Gasteiger partial charge in [-0.15, -0.1) is 0 Å². The van der Waals surface area contributed by atoms with E-state index in [0.717, 1.165) is 15.7 Å². The second-order valence-electron chi connectivity index (χ2n) is 4.41. The lowest BCUT2D eigenvalue weighted by molar-refractivity contribution is 0.112. The lowest BCUT2D eigenvalue weighted by Gasteiger charge is -2.05. The van der Waals surface area contributed by atoms with Crippen LogP contribution in [0.15, 0.2) is 74.9 Å². The quantitative estimate of drug-likeness (QED) is 0.482. The van der Waals surface area contributed by atoms with Crippen LogP contribution in [-0.2, 0) is 0 Å². The number of aldehydes is 1. The number of hydrogen-bond donors (Lipinski definition) is 0. The fourth-order valence-corrected chi connectivity index (χ4v) is 3.56. The molecule has 112 valence electrons. The van der Waals surface area contributed by atoms with Crippen molar-refractivity contribution in [1.82, 2.24) is 0 Å². The summed E-state index contributed by atoms with van der Waals surface area (Å²) < 4.78 is 0.832. The second-order valence-corrected chi connectivity index (χ2v) is 6.41. The standard InChI is InChI=1S/C17H11BrOS.C2H6/c18-17-10-16(8-6-14(17)11-19)20-15-7-5-12-3-1-2-4-13(12)9-15;1-2/h1-11H;1-2H3. The topological polar surface area (TPSA) is 17.1 Å². The lowest BCUT2D eigenvalue weighted by Crippen LogP contribution is -1.83. The molecular weight excluding hydrogens is 356 g/mol. The Balaban J connectivity index is 0.000000847. The molecular formula is C19H17BrOS. The van der Waals surface area contributed by atoms with Crippen molar-refractivity contribution in [2.24, 2.45) is 0 Å². The van der Waals surface area contributed by atoms with Crippen LogP contribution < -0.4 is 0 Å². The normalized spacial score (nSPS) is 9.95. The molecule has 0 aliphatic rings. The van der Waals surface area contributed by atoms with E-state index in [1.807, 2.05) is 44.2 Å². The molecule has 0 unspecified atom stereocenters. The summed E-state index contributed by atoms with van der Waals surface area (Å²) in [6, 6.07) is 20.5. The van der Waals surface area contributed by atoms with E-state index in [-0.39, 0.29) is 0 Å². The van der Waals surface area contributed by atoms with Gasteiger partial charge in [0.05, 0.1) is 0 Å². The number of fused-ring (bicyclic) bond motifs is 1. The van der Waals surface area contributed by atoms with Crippen molar-refractivity contribution in [1.29, 1.82) is 0 Å². The van der Waals surface area contributed by atoms with Crippen molar-refractivity contribution in [3.05, 3.63) is 70.7 Å². The van der Waals surface area contributed by atoms with Gasteiger partial charge < -0.3 is 0 Å². The van der Waals surface area contributed by atoms with Crippen LogP contribution in [0.5, 0.6) is 0 Å².